The number of para-hydroxylation sites is 2. The summed E-state index contributed by atoms with van der Waals surface area (Å²) in [6, 6.07) is 14.7. The van der Waals surface area contributed by atoms with Crippen LogP contribution in [0, 0.1) is 0 Å². The monoisotopic (exact) mass is 253 g/mol. The second-order valence-electron chi connectivity index (χ2n) is 4.87. The molecule has 1 amide bonds. The van der Waals surface area contributed by atoms with Crippen LogP contribution in [0.4, 0.5) is 5.69 Å². The van der Waals surface area contributed by atoms with Crippen molar-refractivity contribution in [3.8, 4) is 5.75 Å². The van der Waals surface area contributed by atoms with Crippen molar-refractivity contribution in [2.45, 2.75) is 19.4 Å². The SMILES string of the molecule is C[C@@H]1Cc2ccccc2N1C(=O)c1ccccc1O. The van der Waals surface area contributed by atoms with Gasteiger partial charge in [-0.25, -0.2) is 0 Å². The molecule has 1 atom stereocenters. The number of nitrogens with zero attached hydrogens (tertiary/aromatic N) is 1. The van der Waals surface area contributed by atoms with Crippen molar-refractivity contribution in [2.75, 3.05) is 4.90 Å². The third-order valence-electron chi connectivity index (χ3n) is 3.56. The zero-order valence-corrected chi connectivity index (χ0v) is 10.7. The zero-order valence-electron chi connectivity index (χ0n) is 10.7. The van der Waals surface area contributed by atoms with E-state index in [1.165, 1.54) is 5.56 Å². The minimum atomic E-state index is -0.143. The quantitative estimate of drug-likeness (QED) is 0.848. The van der Waals surface area contributed by atoms with E-state index in [-0.39, 0.29) is 17.7 Å². The molecule has 0 spiro atoms. The second-order valence-corrected chi connectivity index (χ2v) is 4.87. The van der Waals surface area contributed by atoms with Crippen molar-refractivity contribution in [3.05, 3.63) is 59.7 Å². The summed E-state index contributed by atoms with van der Waals surface area (Å²) in [5.41, 5.74) is 2.48. The third-order valence-corrected chi connectivity index (χ3v) is 3.56. The second kappa shape index (κ2) is 4.43. The van der Waals surface area contributed by atoms with E-state index >= 15 is 0 Å². The number of benzene rings is 2. The fourth-order valence-corrected chi connectivity index (χ4v) is 2.66. The Morgan fingerprint density at radius 2 is 1.84 bits per heavy atom. The van der Waals surface area contributed by atoms with Gasteiger partial charge in [0.1, 0.15) is 5.75 Å². The average Bonchev–Trinajstić information content (AvgIpc) is 2.74. The molecule has 0 aliphatic carbocycles. The molecular formula is C16H15NO2. The maximum Gasteiger partial charge on any atom is 0.262 e. The van der Waals surface area contributed by atoms with E-state index in [9.17, 15) is 9.90 Å². The first-order valence-electron chi connectivity index (χ1n) is 6.38. The van der Waals surface area contributed by atoms with E-state index in [0.717, 1.165) is 12.1 Å². The molecular weight excluding hydrogens is 238 g/mol. The lowest BCUT2D eigenvalue weighted by molar-refractivity contribution is 0.0979. The van der Waals surface area contributed by atoms with Gasteiger partial charge in [0.15, 0.2) is 0 Å². The standard InChI is InChI=1S/C16H15NO2/c1-11-10-12-6-2-4-8-14(12)17(11)16(19)13-7-3-5-9-15(13)18/h2-9,11,18H,10H2,1H3/t11-/m1/s1. The van der Waals surface area contributed by atoms with E-state index in [1.54, 1.807) is 29.2 Å². The minimum absolute atomic E-state index is 0.0316. The van der Waals surface area contributed by atoms with Crippen LogP contribution in [0.5, 0.6) is 5.75 Å². The number of amides is 1. The number of aromatic hydroxyl groups is 1. The number of carbonyl (C=O) groups is 1. The van der Waals surface area contributed by atoms with Crippen molar-refractivity contribution >= 4 is 11.6 Å². The number of hydrogen-bond acceptors (Lipinski definition) is 2. The Hall–Kier alpha value is -2.29. The summed E-state index contributed by atoms with van der Waals surface area (Å²) in [6.07, 6.45) is 0.857. The molecule has 0 aromatic heterocycles. The van der Waals surface area contributed by atoms with Gasteiger partial charge in [0.25, 0.3) is 5.91 Å². The summed E-state index contributed by atoms with van der Waals surface area (Å²) >= 11 is 0. The molecule has 19 heavy (non-hydrogen) atoms. The van der Waals surface area contributed by atoms with Crippen LogP contribution in [0.25, 0.3) is 0 Å². The lowest BCUT2D eigenvalue weighted by Crippen LogP contribution is -2.35. The molecule has 2 aromatic rings. The number of phenolic OH excluding ortho intramolecular Hbond substituents is 1. The molecule has 0 unspecified atom stereocenters. The molecule has 1 N–H and O–H groups in total. The van der Waals surface area contributed by atoms with Crippen LogP contribution in [0.3, 0.4) is 0 Å². The van der Waals surface area contributed by atoms with Gasteiger partial charge in [-0.05, 0) is 37.1 Å². The van der Waals surface area contributed by atoms with Crippen LogP contribution in [0.15, 0.2) is 48.5 Å². The molecule has 3 heteroatoms. The third kappa shape index (κ3) is 1.87. The highest BCUT2D eigenvalue weighted by Crippen LogP contribution is 2.34. The van der Waals surface area contributed by atoms with Gasteiger partial charge in [-0.1, -0.05) is 30.3 Å². The number of phenols is 1. The highest BCUT2D eigenvalue weighted by atomic mass is 16.3. The van der Waals surface area contributed by atoms with Gasteiger partial charge in [0.05, 0.1) is 5.56 Å². The van der Waals surface area contributed by atoms with E-state index < -0.39 is 0 Å². The fraction of sp³-hybridized carbons (Fsp3) is 0.188. The van der Waals surface area contributed by atoms with Crippen LogP contribution >= 0.6 is 0 Å². The Morgan fingerprint density at radius 3 is 2.63 bits per heavy atom. The molecule has 0 radical (unpaired) electrons. The van der Waals surface area contributed by atoms with Gasteiger partial charge in [0, 0.05) is 11.7 Å². The predicted octanol–water partition coefficient (Wildman–Crippen LogP) is 2.98. The highest BCUT2D eigenvalue weighted by molar-refractivity contribution is 6.09. The van der Waals surface area contributed by atoms with Gasteiger partial charge in [-0.3, -0.25) is 4.79 Å². The Balaban J connectivity index is 2.03. The Morgan fingerprint density at radius 1 is 1.16 bits per heavy atom. The smallest absolute Gasteiger partial charge is 0.262 e. The largest absolute Gasteiger partial charge is 0.507 e. The summed E-state index contributed by atoms with van der Waals surface area (Å²) < 4.78 is 0. The van der Waals surface area contributed by atoms with Crippen molar-refractivity contribution < 1.29 is 9.90 Å². The highest BCUT2D eigenvalue weighted by Gasteiger charge is 2.31. The number of rotatable bonds is 1. The number of anilines is 1. The van der Waals surface area contributed by atoms with Crippen LogP contribution in [-0.4, -0.2) is 17.1 Å². The van der Waals surface area contributed by atoms with Crippen LogP contribution in [0.2, 0.25) is 0 Å². The van der Waals surface area contributed by atoms with Gasteiger partial charge in [-0.15, -0.1) is 0 Å². The molecule has 0 bridgehead atoms. The zero-order chi connectivity index (χ0) is 13.4. The van der Waals surface area contributed by atoms with Crippen molar-refractivity contribution in [2.24, 2.45) is 0 Å². The number of hydrogen-bond donors (Lipinski definition) is 1. The van der Waals surface area contributed by atoms with E-state index in [2.05, 4.69) is 0 Å². The maximum atomic E-state index is 12.6. The lowest BCUT2D eigenvalue weighted by atomic mass is 10.1. The minimum Gasteiger partial charge on any atom is -0.507 e. The van der Waals surface area contributed by atoms with Gasteiger partial charge < -0.3 is 10.0 Å². The van der Waals surface area contributed by atoms with Gasteiger partial charge in [0.2, 0.25) is 0 Å². The molecule has 1 heterocycles. The van der Waals surface area contributed by atoms with Gasteiger partial charge in [-0.2, -0.15) is 0 Å². The predicted molar refractivity (Wildman–Crippen MR) is 74.5 cm³/mol. The molecule has 1 aliphatic rings. The van der Waals surface area contributed by atoms with E-state index in [1.807, 2.05) is 31.2 Å². The van der Waals surface area contributed by atoms with Crippen molar-refractivity contribution in [1.29, 1.82) is 0 Å². The van der Waals surface area contributed by atoms with E-state index in [4.69, 9.17) is 0 Å². The first-order valence-corrected chi connectivity index (χ1v) is 6.38. The first-order chi connectivity index (χ1) is 9.18. The molecule has 0 fully saturated rings. The summed E-state index contributed by atoms with van der Waals surface area (Å²) in [6.45, 7) is 2.03. The van der Waals surface area contributed by atoms with Crippen molar-refractivity contribution in [3.63, 3.8) is 0 Å². The molecule has 0 saturated heterocycles. The summed E-state index contributed by atoms with van der Waals surface area (Å²) in [4.78, 5) is 14.4. The molecule has 2 aromatic carbocycles. The summed E-state index contributed by atoms with van der Waals surface area (Å²) in [5.74, 6) is -0.111. The molecule has 0 saturated carbocycles. The lowest BCUT2D eigenvalue weighted by Gasteiger charge is -2.23. The number of carbonyl (C=O) groups excluding carboxylic acids is 1. The molecule has 96 valence electrons. The maximum absolute atomic E-state index is 12.6. The summed E-state index contributed by atoms with van der Waals surface area (Å²) in [5, 5.41) is 9.83. The molecule has 1 aliphatic heterocycles. The van der Waals surface area contributed by atoms with E-state index in [0.29, 0.717) is 5.56 Å². The van der Waals surface area contributed by atoms with Crippen LogP contribution in [-0.2, 0) is 6.42 Å². The summed E-state index contributed by atoms with van der Waals surface area (Å²) in [7, 11) is 0. The molecule has 3 rings (SSSR count). The first kappa shape index (κ1) is 11.8. The van der Waals surface area contributed by atoms with Crippen LogP contribution < -0.4 is 4.90 Å². The number of fused-ring (bicyclic) bond motifs is 1. The topological polar surface area (TPSA) is 40.5 Å². The Bertz CT molecular complexity index is 636. The van der Waals surface area contributed by atoms with Gasteiger partial charge >= 0.3 is 0 Å². The average molecular weight is 253 g/mol. The van der Waals surface area contributed by atoms with Crippen molar-refractivity contribution in [1.82, 2.24) is 0 Å². The Labute approximate surface area is 112 Å². The van der Waals surface area contributed by atoms with Crippen LogP contribution in [0.1, 0.15) is 22.8 Å². The fourth-order valence-electron chi connectivity index (χ4n) is 2.66. The Kier molecular flexibility index (Phi) is 2.75. The molecule has 3 nitrogen and oxygen atoms in total. The normalized spacial score (nSPS) is 17.3.